The second-order valence-electron chi connectivity index (χ2n) is 5.79. The Morgan fingerprint density at radius 2 is 2.00 bits per heavy atom. The third-order valence-electron chi connectivity index (χ3n) is 4.25. The van der Waals surface area contributed by atoms with Crippen molar-refractivity contribution >= 4 is 10.9 Å². The zero-order chi connectivity index (χ0) is 14.1. The molecule has 20 heavy (non-hydrogen) atoms. The Labute approximate surface area is 118 Å². The van der Waals surface area contributed by atoms with E-state index in [2.05, 4.69) is 16.8 Å². The highest BCUT2D eigenvalue weighted by Gasteiger charge is 2.19. The Morgan fingerprint density at radius 1 is 1.30 bits per heavy atom. The topological polar surface area (TPSA) is 56.3 Å². The molecule has 0 saturated carbocycles. The zero-order valence-electron chi connectivity index (χ0n) is 11.7. The number of nitrogens with zero attached hydrogens (tertiary/aromatic N) is 1. The molecular weight excluding hydrogens is 252 g/mol. The van der Waals surface area contributed by atoms with Crippen LogP contribution in [-0.2, 0) is 6.54 Å². The first-order valence-corrected chi connectivity index (χ1v) is 7.20. The third-order valence-corrected chi connectivity index (χ3v) is 4.25. The zero-order valence-corrected chi connectivity index (χ0v) is 11.7. The fraction of sp³-hybridized carbons (Fsp3) is 0.438. The van der Waals surface area contributed by atoms with Gasteiger partial charge in [-0.05, 0) is 44.0 Å². The lowest BCUT2D eigenvalue weighted by molar-refractivity contribution is 0.183. The molecule has 0 unspecified atom stereocenters. The molecule has 0 amide bonds. The van der Waals surface area contributed by atoms with Crippen molar-refractivity contribution in [2.45, 2.75) is 26.3 Å². The Kier molecular flexibility index (Phi) is 3.49. The van der Waals surface area contributed by atoms with Gasteiger partial charge in [0.25, 0.3) is 5.56 Å². The van der Waals surface area contributed by atoms with Crippen molar-refractivity contribution in [3.8, 4) is 5.75 Å². The fourth-order valence-corrected chi connectivity index (χ4v) is 2.86. The van der Waals surface area contributed by atoms with Crippen LogP contribution in [0.15, 0.2) is 29.1 Å². The molecule has 4 heteroatoms. The summed E-state index contributed by atoms with van der Waals surface area (Å²) in [7, 11) is 0. The highest BCUT2D eigenvalue weighted by Crippen LogP contribution is 2.26. The number of piperidine rings is 1. The summed E-state index contributed by atoms with van der Waals surface area (Å²) in [6, 6.07) is 7.36. The molecule has 0 radical (unpaired) electrons. The molecule has 4 nitrogen and oxygen atoms in total. The van der Waals surface area contributed by atoms with Gasteiger partial charge in [0.05, 0.1) is 11.1 Å². The lowest BCUT2D eigenvalue weighted by Crippen LogP contribution is -2.34. The Hall–Kier alpha value is -1.81. The summed E-state index contributed by atoms with van der Waals surface area (Å²) >= 11 is 0. The Morgan fingerprint density at radius 3 is 2.75 bits per heavy atom. The van der Waals surface area contributed by atoms with E-state index < -0.39 is 0 Å². The number of H-pyrrole nitrogens is 1. The first kappa shape index (κ1) is 13.2. The van der Waals surface area contributed by atoms with E-state index >= 15 is 0 Å². The average Bonchev–Trinajstić information content (AvgIpc) is 2.45. The van der Waals surface area contributed by atoms with Crippen molar-refractivity contribution in [1.29, 1.82) is 0 Å². The lowest BCUT2D eigenvalue weighted by atomic mass is 9.99. The van der Waals surface area contributed by atoms with Crippen molar-refractivity contribution < 1.29 is 5.11 Å². The fourth-order valence-electron chi connectivity index (χ4n) is 2.86. The predicted octanol–water partition coefficient (Wildman–Crippen LogP) is 2.47. The van der Waals surface area contributed by atoms with Crippen molar-refractivity contribution in [3.63, 3.8) is 0 Å². The first-order chi connectivity index (χ1) is 9.65. The minimum absolute atomic E-state index is 0.128. The van der Waals surface area contributed by atoms with Gasteiger partial charge in [0, 0.05) is 11.9 Å². The molecule has 2 aromatic rings. The van der Waals surface area contributed by atoms with Crippen molar-refractivity contribution in [3.05, 3.63) is 40.2 Å². The summed E-state index contributed by atoms with van der Waals surface area (Å²) in [5, 5.41) is 11.1. The van der Waals surface area contributed by atoms with Gasteiger partial charge in [-0.3, -0.25) is 9.69 Å². The van der Waals surface area contributed by atoms with E-state index in [1.807, 2.05) is 24.3 Å². The molecule has 0 atom stereocenters. The molecule has 0 spiro atoms. The van der Waals surface area contributed by atoms with E-state index in [-0.39, 0.29) is 11.3 Å². The van der Waals surface area contributed by atoms with Crippen LogP contribution < -0.4 is 5.56 Å². The maximum Gasteiger partial charge on any atom is 0.256 e. The maximum atomic E-state index is 12.1. The number of aromatic hydroxyl groups is 1. The number of hydrogen-bond acceptors (Lipinski definition) is 3. The van der Waals surface area contributed by atoms with E-state index in [4.69, 9.17) is 0 Å². The molecule has 2 N–H and O–H groups in total. The predicted molar refractivity (Wildman–Crippen MR) is 79.9 cm³/mol. The van der Waals surface area contributed by atoms with Gasteiger partial charge in [-0.2, -0.15) is 0 Å². The first-order valence-electron chi connectivity index (χ1n) is 7.20. The van der Waals surface area contributed by atoms with Gasteiger partial charge in [-0.25, -0.2) is 0 Å². The van der Waals surface area contributed by atoms with E-state index in [1.54, 1.807) is 0 Å². The summed E-state index contributed by atoms with van der Waals surface area (Å²) in [4.78, 5) is 17.3. The van der Waals surface area contributed by atoms with Crippen LogP contribution in [0.25, 0.3) is 10.9 Å². The monoisotopic (exact) mass is 272 g/mol. The number of nitrogens with one attached hydrogen (secondary N) is 1. The molecule has 1 aliphatic rings. The van der Waals surface area contributed by atoms with Gasteiger partial charge >= 0.3 is 0 Å². The average molecular weight is 272 g/mol. The minimum Gasteiger partial charge on any atom is -0.507 e. The summed E-state index contributed by atoms with van der Waals surface area (Å²) in [6.07, 6.45) is 2.32. The summed E-state index contributed by atoms with van der Waals surface area (Å²) < 4.78 is 0. The van der Waals surface area contributed by atoms with Gasteiger partial charge < -0.3 is 10.1 Å². The van der Waals surface area contributed by atoms with E-state index in [0.29, 0.717) is 23.0 Å². The molecule has 1 aliphatic heterocycles. The van der Waals surface area contributed by atoms with E-state index in [1.165, 1.54) is 0 Å². The SMILES string of the molecule is CC1CCN(Cc2c(O)c3ccccc3[nH]c2=O)CC1. The summed E-state index contributed by atoms with van der Waals surface area (Å²) in [5.41, 5.74) is 0.990. The number of likely N-dealkylation sites (tertiary alicyclic amines) is 1. The van der Waals surface area contributed by atoms with Crippen LogP contribution >= 0.6 is 0 Å². The van der Waals surface area contributed by atoms with Gasteiger partial charge in [0.2, 0.25) is 0 Å². The number of para-hydroxylation sites is 1. The highest BCUT2D eigenvalue weighted by atomic mass is 16.3. The minimum atomic E-state index is -0.181. The van der Waals surface area contributed by atoms with Crippen LogP contribution in [0, 0.1) is 5.92 Å². The van der Waals surface area contributed by atoms with Crippen LogP contribution in [0.5, 0.6) is 5.75 Å². The van der Waals surface area contributed by atoms with Crippen LogP contribution in [0.1, 0.15) is 25.3 Å². The van der Waals surface area contributed by atoms with Crippen LogP contribution in [0.3, 0.4) is 0 Å². The second-order valence-corrected chi connectivity index (χ2v) is 5.79. The van der Waals surface area contributed by atoms with Gasteiger partial charge in [-0.1, -0.05) is 19.1 Å². The standard InChI is InChI=1S/C16H20N2O2/c1-11-6-8-18(9-7-11)10-13-15(19)12-4-2-3-5-14(12)17-16(13)20/h2-5,11H,6-10H2,1H3,(H2,17,19,20). The summed E-state index contributed by atoms with van der Waals surface area (Å²) in [6.45, 7) is 4.77. The number of aromatic amines is 1. The molecule has 0 bridgehead atoms. The van der Waals surface area contributed by atoms with Crippen LogP contribution in [0.4, 0.5) is 0 Å². The van der Waals surface area contributed by atoms with Gasteiger partial charge in [-0.15, -0.1) is 0 Å². The molecule has 0 aliphatic carbocycles. The lowest BCUT2D eigenvalue weighted by Gasteiger charge is -2.30. The number of pyridine rings is 1. The number of rotatable bonds is 2. The normalized spacial score (nSPS) is 17.6. The molecule has 1 saturated heterocycles. The summed E-state index contributed by atoms with van der Waals surface area (Å²) in [5.74, 6) is 0.887. The molecule has 1 fully saturated rings. The number of benzene rings is 1. The van der Waals surface area contributed by atoms with Crippen molar-refractivity contribution in [2.75, 3.05) is 13.1 Å². The highest BCUT2D eigenvalue weighted by molar-refractivity contribution is 5.85. The molecular formula is C16H20N2O2. The van der Waals surface area contributed by atoms with Crippen LogP contribution in [0.2, 0.25) is 0 Å². The third kappa shape index (κ3) is 2.43. The second kappa shape index (κ2) is 5.29. The van der Waals surface area contributed by atoms with Crippen LogP contribution in [-0.4, -0.2) is 28.1 Å². The molecule has 2 heterocycles. The quantitative estimate of drug-likeness (QED) is 0.883. The molecule has 106 valence electrons. The van der Waals surface area contributed by atoms with Crippen molar-refractivity contribution in [2.24, 2.45) is 5.92 Å². The smallest absolute Gasteiger partial charge is 0.256 e. The van der Waals surface area contributed by atoms with E-state index in [9.17, 15) is 9.90 Å². The van der Waals surface area contributed by atoms with Crippen molar-refractivity contribution in [1.82, 2.24) is 9.88 Å². The Bertz CT molecular complexity index is 670. The van der Waals surface area contributed by atoms with Gasteiger partial charge in [0.1, 0.15) is 5.75 Å². The number of aromatic nitrogens is 1. The molecule has 1 aromatic heterocycles. The largest absolute Gasteiger partial charge is 0.507 e. The molecule has 1 aromatic carbocycles. The van der Waals surface area contributed by atoms with Gasteiger partial charge in [0.15, 0.2) is 0 Å². The van der Waals surface area contributed by atoms with E-state index in [0.717, 1.165) is 31.8 Å². The number of hydrogen-bond donors (Lipinski definition) is 2. The maximum absolute atomic E-state index is 12.1. The molecule has 3 rings (SSSR count). The Balaban J connectivity index is 1.93. The number of fused-ring (bicyclic) bond motifs is 1.